The van der Waals surface area contributed by atoms with Crippen LogP contribution in [0.15, 0.2) is 0 Å². The summed E-state index contributed by atoms with van der Waals surface area (Å²) in [6.07, 6.45) is -3.72. The third kappa shape index (κ3) is 6.10. The topological polar surface area (TPSA) is 143 Å². The summed E-state index contributed by atoms with van der Waals surface area (Å²) in [7, 11) is 3.33. The fraction of sp³-hybridized carbons (Fsp3) is 1.00. The van der Waals surface area contributed by atoms with E-state index in [2.05, 4.69) is 0 Å². The molecule has 9 nitrogen and oxygen atoms in total. The number of hydrogen-bond donors (Lipinski definition) is 4. The fourth-order valence-corrected chi connectivity index (χ4v) is 6.44. The Labute approximate surface area is 194 Å². The lowest BCUT2D eigenvalue weighted by Gasteiger charge is -2.45. The highest BCUT2D eigenvalue weighted by atomic mass is 31.2. The molecule has 0 aromatic rings. The molecule has 3 unspecified atom stereocenters. The van der Waals surface area contributed by atoms with E-state index in [1.807, 2.05) is 0 Å². The Hall–Kier alpha value is 0.310. The van der Waals surface area contributed by atoms with Gasteiger partial charge in [0.25, 0.3) is 0 Å². The molecule has 0 aromatic heterocycles. The van der Waals surface area contributed by atoms with Crippen molar-refractivity contribution in [3.05, 3.63) is 0 Å². The van der Waals surface area contributed by atoms with Crippen molar-refractivity contribution in [2.45, 2.75) is 121 Å². The summed E-state index contributed by atoms with van der Waals surface area (Å²) in [5.41, 5.74) is -1.09. The minimum absolute atomic E-state index is 0.0306. The molecule has 0 bridgehead atoms. The van der Waals surface area contributed by atoms with Gasteiger partial charge >= 0.3 is 7.60 Å². The maximum Gasteiger partial charge on any atom is 0.359 e. The van der Waals surface area contributed by atoms with Crippen molar-refractivity contribution in [2.24, 2.45) is 0 Å². The van der Waals surface area contributed by atoms with E-state index in [1.165, 1.54) is 34.6 Å². The van der Waals surface area contributed by atoms with Crippen LogP contribution in [0, 0.1) is 0 Å². The SMILES string of the molecule is [B][C@@H]1O[C@H](CC(CC)(CC)OP([B])(=O)C(C)(C)C(C)OP(=O)(O)[C@@](C)(O)CC)[C@@H](O)[C@H]1O. The minimum Gasteiger partial charge on any atom is -0.388 e. The molecule has 0 amide bonds. The molecule has 0 spiro atoms. The largest absolute Gasteiger partial charge is 0.388 e. The molecule has 8 atom stereocenters. The van der Waals surface area contributed by atoms with Gasteiger partial charge in [-0.1, -0.05) is 20.8 Å². The van der Waals surface area contributed by atoms with E-state index >= 15 is 0 Å². The van der Waals surface area contributed by atoms with Gasteiger partial charge in [-0.15, -0.1) is 0 Å². The van der Waals surface area contributed by atoms with E-state index in [9.17, 15) is 29.3 Å². The summed E-state index contributed by atoms with van der Waals surface area (Å²) in [6, 6.07) is -1.05. The number of aliphatic hydroxyl groups excluding tert-OH is 2. The highest BCUT2D eigenvalue weighted by Crippen LogP contribution is 2.64. The first-order valence-corrected chi connectivity index (χ1v) is 14.2. The van der Waals surface area contributed by atoms with Crippen LogP contribution in [-0.4, -0.2) is 82.1 Å². The van der Waals surface area contributed by atoms with E-state index in [-0.39, 0.29) is 12.8 Å². The minimum atomic E-state index is -4.50. The normalized spacial score (nSPS) is 31.5. The van der Waals surface area contributed by atoms with Crippen LogP contribution in [0.5, 0.6) is 0 Å². The molecule has 184 valence electrons. The van der Waals surface area contributed by atoms with Crippen molar-refractivity contribution in [3.63, 3.8) is 0 Å². The molecule has 1 saturated heterocycles. The second-order valence-corrected chi connectivity index (χ2v) is 14.1. The van der Waals surface area contributed by atoms with Crippen LogP contribution >= 0.6 is 14.8 Å². The standard InChI is InChI=1S/C19H38B2O9P2/c1-8-18(7,24)32(26,27)29-12(4)17(5,6)31(21,25)30-19(9-2,10-3)11-13-14(22)15(23)16(20)28-13/h12-16,22-24H,8-11H2,1-7H3,(H,26,27)/t12?,13-,14-,15-,16-,18-,31?/m1/s1. The highest BCUT2D eigenvalue weighted by Gasteiger charge is 2.52. The van der Waals surface area contributed by atoms with Gasteiger partial charge in [0, 0.05) is 12.4 Å². The lowest BCUT2D eigenvalue weighted by Crippen LogP contribution is -2.44. The predicted octanol–water partition coefficient (Wildman–Crippen LogP) is 2.42. The Morgan fingerprint density at radius 2 is 1.56 bits per heavy atom. The van der Waals surface area contributed by atoms with E-state index in [0.29, 0.717) is 12.8 Å². The molecule has 4 radical (unpaired) electrons. The van der Waals surface area contributed by atoms with E-state index < -0.39 is 61.4 Å². The third-order valence-corrected chi connectivity index (χ3v) is 11.7. The molecule has 13 heteroatoms. The van der Waals surface area contributed by atoms with Gasteiger partial charge in [-0.05, 0) is 47.0 Å². The fourth-order valence-electron chi connectivity index (χ4n) is 3.33. The Morgan fingerprint density at radius 1 is 1.06 bits per heavy atom. The van der Waals surface area contributed by atoms with Crippen LogP contribution in [-0.2, 0) is 22.9 Å². The van der Waals surface area contributed by atoms with Crippen molar-refractivity contribution in [3.8, 4) is 0 Å². The Bertz CT molecular complexity index is 730. The molecule has 0 aliphatic carbocycles. The summed E-state index contributed by atoms with van der Waals surface area (Å²) in [6.45, 7) is 10.8. The van der Waals surface area contributed by atoms with Gasteiger partial charge in [0.1, 0.15) is 14.0 Å². The second-order valence-electron chi connectivity index (χ2n) is 9.40. The lowest BCUT2D eigenvalue weighted by molar-refractivity contribution is -0.0424. The Morgan fingerprint density at radius 3 is 1.94 bits per heavy atom. The molecule has 1 rings (SSSR count). The summed E-state index contributed by atoms with van der Waals surface area (Å²) in [5, 5.41) is 27.0. The number of hydrogen-bond acceptors (Lipinski definition) is 8. The molecule has 1 aliphatic rings. The molecule has 1 heterocycles. The highest BCUT2D eigenvalue weighted by molar-refractivity contribution is 7.84. The quantitative estimate of drug-likeness (QED) is 0.238. The van der Waals surface area contributed by atoms with Crippen molar-refractivity contribution in [1.82, 2.24) is 0 Å². The lowest BCUT2D eigenvalue weighted by atomic mass is 9.87. The summed E-state index contributed by atoms with van der Waals surface area (Å²) in [4.78, 5) is 10.3. The van der Waals surface area contributed by atoms with Crippen LogP contribution < -0.4 is 0 Å². The maximum absolute atomic E-state index is 13.7. The van der Waals surface area contributed by atoms with Crippen LogP contribution in [0.4, 0.5) is 0 Å². The first-order valence-electron chi connectivity index (χ1n) is 10.9. The average Bonchev–Trinajstić information content (AvgIpc) is 2.92. The number of aliphatic hydroxyl groups is 3. The smallest absolute Gasteiger partial charge is 0.359 e. The summed E-state index contributed by atoms with van der Waals surface area (Å²) in [5.74, 6) is 0. The predicted molar refractivity (Wildman–Crippen MR) is 124 cm³/mol. The second kappa shape index (κ2) is 10.5. The van der Waals surface area contributed by atoms with Crippen LogP contribution in [0.1, 0.15) is 74.1 Å². The van der Waals surface area contributed by atoms with Gasteiger partial charge in [-0.25, -0.2) is 0 Å². The van der Waals surface area contributed by atoms with E-state index in [1.54, 1.807) is 13.8 Å². The van der Waals surface area contributed by atoms with Gasteiger partial charge in [-0.2, -0.15) is 0 Å². The summed E-state index contributed by atoms with van der Waals surface area (Å²) < 4.78 is 43.1. The van der Waals surface area contributed by atoms with Crippen LogP contribution in [0.2, 0.25) is 0 Å². The van der Waals surface area contributed by atoms with Crippen molar-refractivity contribution in [2.75, 3.05) is 0 Å². The molecule has 1 fully saturated rings. The van der Waals surface area contributed by atoms with Gasteiger partial charge < -0.3 is 38.6 Å². The first kappa shape index (κ1) is 30.3. The van der Waals surface area contributed by atoms with Crippen molar-refractivity contribution in [1.29, 1.82) is 0 Å². The zero-order valence-electron chi connectivity index (χ0n) is 20.1. The number of ether oxygens (including phenoxy) is 1. The molecule has 0 saturated carbocycles. The zero-order chi connectivity index (χ0) is 25.3. The Balaban J connectivity index is 3.14. The van der Waals surface area contributed by atoms with Gasteiger partial charge in [0.2, 0.25) is 7.57 Å². The number of rotatable bonds is 12. The van der Waals surface area contributed by atoms with Crippen LogP contribution in [0.25, 0.3) is 0 Å². The molecule has 32 heavy (non-hydrogen) atoms. The van der Waals surface area contributed by atoms with E-state index in [4.69, 9.17) is 29.2 Å². The first-order chi connectivity index (χ1) is 14.3. The van der Waals surface area contributed by atoms with Gasteiger partial charge in [-0.3, -0.25) is 4.57 Å². The maximum atomic E-state index is 13.7. The monoisotopic (exact) mass is 494 g/mol. The zero-order valence-corrected chi connectivity index (χ0v) is 21.9. The third-order valence-electron chi connectivity index (χ3n) is 6.97. The molecule has 1 aliphatic heterocycles. The Kier molecular flexibility index (Phi) is 9.97. The molecular weight excluding hydrogens is 456 g/mol. The molecule has 0 aromatic carbocycles. The van der Waals surface area contributed by atoms with Crippen molar-refractivity contribution < 1.29 is 43.1 Å². The van der Waals surface area contributed by atoms with Gasteiger partial charge in [0.05, 0.1) is 29.1 Å². The van der Waals surface area contributed by atoms with Gasteiger partial charge in [0.15, 0.2) is 12.6 Å². The molecular formula is C19H38B2O9P2. The van der Waals surface area contributed by atoms with Crippen LogP contribution in [0.3, 0.4) is 0 Å². The molecule has 4 N–H and O–H groups in total. The summed E-state index contributed by atoms with van der Waals surface area (Å²) >= 11 is 0. The average molecular weight is 494 g/mol. The van der Waals surface area contributed by atoms with Crippen molar-refractivity contribution >= 4 is 30.3 Å². The van der Waals surface area contributed by atoms with E-state index in [0.717, 1.165) is 0 Å².